The van der Waals surface area contributed by atoms with Crippen LogP contribution in [0.4, 0.5) is 14.5 Å². The van der Waals surface area contributed by atoms with Crippen molar-refractivity contribution >= 4 is 52.5 Å². The first kappa shape index (κ1) is 38.8. The molecule has 0 atom stereocenters. The number of hydrogen-bond donors (Lipinski definition) is 1. The minimum atomic E-state index is -3.16. The van der Waals surface area contributed by atoms with E-state index in [1.165, 1.54) is 4.90 Å². The van der Waals surface area contributed by atoms with Gasteiger partial charge in [-0.15, -0.1) is 0 Å². The normalized spacial score (nSPS) is 19.8. The molecule has 3 aliphatic rings. The van der Waals surface area contributed by atoms with Crippen molar-refractivity contribution in [2.45, 2.75) is 116 Å². The van der Waals surface area contributed by atoms with E-state index in [0.717, 1.165) is 50.5 Å². The van der Waals surface area contributed by atoms with Crippen molar-refractivity contribution in [2.75, 3.05) is 24.5 Å². The molecule has 1 aliphatic heterocycles. The van der Waals surface area contributed by atoms with Crippen LogP contribution in [-0.4, -0.2) is 83.2 Å². The van der Waals surface area contributed by atoms with E-state index in [9.17, 15) is 28.0 Å². The molecule has 0 radical (unpaired) electrons. The maximum Gasteiger partial charge on any atom is 0.315 e. The molecule has 4 amide bonds. The van der Waals surface area contributed by atoms with Crippen LogP contribution in [0.25, 0.3) is 0 Å². The van der Waals surface area contributed by atoms with Crippen molar-refractivity contribution in [1.29, 1.82) is 0 Å². The lowest BCUT2D eigenvalue weighted by Gasteiger charge is -2.41. The summed E-state index contributed by atoms with van der Waals surface area (Å²) in [4.78, 5) is 57.9. The fourth-order valence-corrected chi connectivity index (χ4v) is 7.67. The van der Waals surface area contributed by atoms with Crippen molar-refractivity contribution < 1.29 is 32.7 Å². The van der Waals surface area contributed by atoms with Gasteiger partial charge in [0.05, 0.1) is 22.2 Å². The summed E-state index contributed by atoms with van der Waals surface area (Å²) < 4.78 is 31.6. The number of anilines is 1. The van der Waals surface area contributed by atoms with E-state index >= 15 is 0 Å². The third kappa shape index (κ3) is 9.14. The van der Waals surface area contributed by atoms with E-state index < -0.39 is 23.8 Å². The highest BCUT2D eigenvalue weighted by Crippen LogP contribution is 2.41. The van der Waals surface area contributed by atoms with E-state index in [1.54, 1.807) is 38.1 Å². The molecule has 13 heteroatoms. The summed E-state index contributed by atoms with van der Waals surface area (Å²) in [6.45, 7) is 9.52. The number of halogens is 4. The molecule has 0 saturated heterocycles. The molecule has 5 rings (SSSR count). The molecule has 0 unspecified atom stereocenters. The van der Waals surface area contributed by atoms with Crippen LogP contribution in [0, 0.1) is 12.8 Å². The van der Waals surface area contributed by atoms with E-state index in [1.807, 2.05) is 36.6 Å². The van der Waals surface area contributed by atoms with Crippen molar-refractivity contribution in [1.82, 2.24) is 15.1 Å². The number of nitrogens with one attached hydrogen (secondary N) is 1. The molecule has 1 N–H and O–H groups in total. The Hall–Kier alpha value is -3.44. The summed E-state index contributed by atoms with van der Waals surface area (Å²) in [5, 5.41) is 3.06. The van der Waals surface area contributed by atoms with E-state index in [4.69, 9.17) is 27.9 Å². The Balaban J connectivity index is 1.24. The molecule has 2 fully saturated rings. The number of carbonyl (C=O) groups is 4. The number of aryl methyl sites for hydroxylation is 1. The van der Waals surface area contributed by atoms with E-state index in [-0.39, 0.29) is 37.0 Å². The van der Waals surface area contributed by atoms with Crippen LogP contribution in [0.15, 0.2) is 30.3 Å². The van der Waals surface area contributed by atoms with E-state index in [2.05, 4.69) is 5.32 Å². The number of rotatable bonds is 13. The maximum atomic E-state index is 14.3. The van der Waals surface area contributed by atoms with Crippen molar-refractivity contribution in [3.05, 3.63) is 57.1 Å². The van der Waals surface area contributed by atoms with Gasteiger partial charge in [-0.2, -0.15) is 8.78 Å². The molecular weight excluding hydrogens is 701 g/mol. The second-order valence-electron chi connectivity index (χ2n) is 14.8. The number of alkyl halides is 2. The SMILES string of the molecule is Cc1cc2c(cc1C(=O)N(C(C)C)[C@H]1CC[C@@H](CCN(C(=O)Cc3ccc(Cl)c(Cl)c3)C3CC3)CC1)N(CCNC(=O)C(F)F)C(=O)C(C)(C)O2. The zero-order valence-corrected chi connectivity index (χ0v) is 31.5. The smallest absolute Gasteiger partial charge is 0.315 e. The lowest BCUT2D eigenvalue weighted by atomic mass is 9.82. The maximum absolute atomic E-state index is 14.3. The topological polar surface area (TPSA) is 99.3 Å². The van der Waals surface area contributed by atoms with Gasteiger partial charge in [0.15, 0.2) is 5.60 Å². The summed E-state index contributed by atoms with van der Waals surface area (Å²) in [5.41, 5.74) is 1.11. The minimum absolute atomic E-state index is 0.0254. The molecular formula is C38H48Cl2F2N4O5. The van der Waals surface area contributed by atoms with Crippen molar-refractivity contribution in [2.24, 2.45) is 5.92 Å². The van der Waals surface area contributed by atoms with Gasteiger partial charge >= 0.3 is 6.43 Å². The first-order valence-electron chi connectivity index (χ1n) is 17.8. The Bertz CT molecular complexity index is 1640. The van der Waals surface area contributed by atoms with Crippen molar-refractivity contribution in [3.63, 3.8) is 0 Å². The highest BCUT2D eigenvalue weighted by Gasteiger charge is 2.42. The molecule has 278 valence electrons. The Labute approximate surface area is 308 Å². The van der Waals surface area contributed by atoms with Gasteiger partial charge in [0, 0.05) is 43.3 Å². The molecule has 2 saturated carbocycles. The summed E-state index contributed by atoms with van der Waals surface area (Å²) in [6.07, 6.45) is 3.66. The standard InChI is InChI=1S/C38H48Cl2F2N4O5/c1-22(2)46(27-9-6-24(7-10-27)14-16-44(26-11-12-26)33(47)20-25-8-13-29(39)30(40)19-25)36(49)28-21-31-32(18-23(28)3)51-38(4,5)37(50)45(31)17-15-43-35(48)34(41)42/h8,13,18-19,21-22,24,26-27,34H,6-7,9-12,14-17,20H2,1-5H3,(H,43,48)/t24-,27+. The molecule has 2 aromatic rings. The Kier molecular flexibility index (Phi) is 12.2. The van der Waals surface area contributed by atoms with Crippen molar-refractivity contribution in [3.8, 4) is 5.75 Å². The predicted octanol–water partition coefficient (Wildman–Crippen LogP) is 7.22. The molecule has 0 aromatic heterocycles. The highest BCUT2D eigenvalue weighted by molar-refractivity contribution is 6.42. The molecule has 1 heterocycles. The Morgan fingerprint density at radius 3 is 2.27 bits per heavy atom. The number of ether oxygens (including phenoxy) is 1. The van der Waals surface area contributed by atoms with Crippen LogP contribution in [0.5, 0.6) is 5.75 Å². The average molecular weight is 750 g/mol. The van der Waals surface area contributed by atoms with Crippen LogP contribution in [0.1, 0.15) is 94.1 Å². The number of amides is 4. The van der Waals surface area contributed by atoms with Crippen LogP contribution < -0.4 is 15.0 Å². The van der Waals surface area contributed by atoms with Gasteiger partial charge in [-0.25, -0.2) is 0 Å². The molecule has 2 aliphatic carbocycles. The van der Waals surface area contributed by atoms with Crippen LogP contribution >= 0.6 is 23.2 Å². The van der Waals surface area contributed by atoms with Gasteiger partial charge in [0.2, 0.25) is 5.91 Å². The molecule has 0 bridgehead atoms. The van der Waals surface area contributed by atoms with Crippen LogP contribution in [-0.2, 0) is 20.8 Å². The Morgan fingerprint density at radius 2 is 1.67 bits per heavy atom. The zero-order valence-electron chi connectivity index (χ0n) is 29.9. The highest BCUT2D eigenvalue weighted by atomic mass is 35.5. The third-order valence-corrected chi connectivity index (χ3v) is 11.0. The molecule has 9 nitrogen and oxygen atoms in total. The molecule has 2 aromatic carbocycles. The summed E-state index contributed by atoms with van der Waals surface area (Å²) in [6, 6.07) is 8.95. The van der Waals surface area contributed by atoms with Crippen LogP contribution in [0.3, 0.4) is 0 Å². The first-order chi connectivity index (χ1) is 24.1. The fraction of sp³-hybridized carbons (Fsp3) is 0.579. The average Bonchev–Trinajstić information content (AvgIpc) is 3.90. The zero-order chi connectivity index (χ0) is 37.2. The van der Waals surface area contributed by atoms with Gasteiger partial charge in [0.1, 0.15) is 5.75 Å². The third-order valence-electron chi connectivity index (χ3n) is 10.2. The monoisotopic (exact) mass is 748 g/mol. The van der Waals surface area contributed by atoms with Gasteiger partial charge in [-0.3, -0.25) is 19.2 Å². The van der Waals surface area contributed by atoms with Gasteiger partial charge in [0.25, 0.3) is 17.7 Å². The lowest BCUT2D eigenvalue weighted by Crippen LogP contribution is -2.54. The fourth-order valence-electron chi connectivity index (χ4n) is 7.35. The van der Waals surface area contributed by atoms with E-state index in [0.29, 0.717) is 57.5 Å². The minimum Gasteiger partial charge on any atom is -0.476 e. The van der Waals surface area contributed by atoms with Gasteiger partial charge in [-0.1, -0.05) is 29.3 Å². The van der Waals surface area contributed by atoms with Gasteiger partial charge < -0.3 is 24.8 Å². The molecule has 0 spiro atoms. The number of fused-ring (bicyclic) bond motifs is 1. The second kappa shape index (κ2) is 16.1. The number of hydrogen-bond acceptors (Lipinski definition) is 5. The summed E-state index contributed by atoms with van der Waals surface area (Å²) in [7, 11) is 0. The Morgan fingerprint density at radius 1 is 1.00 bits per heavy atom. The van der Waals surface area contributed by atoms with Crippen LogP contribution in [0.2, 0.25) is 10.0 Å². The quantitative estimate of drug-likeness (QED) is 0.233. The predicted molar refractivity (Wildman–Crippen MR) is 194 cm³/mol. The number of nitrogens with zero attached hydrogens (tertiary/aromatic N) is 3. The largest absolute Gasteiger partial charge is 0.476 e. The summed E-state index contributed by atoms with van der Waals surface area (Å²) in [5.74, 6) is -1.01. The second-order valence-corrected chi connectivity index (χ2v) is 15.6. The first-order valence-corrected chi connectivity index (χ1v) is 18.6. The number of benzene rings is 2. The lowest BCUT2D eigenvalue weighted by molar-refractivity contribution is -0.133. The summed E-state index contributed by atoms with van der Waals surface area (Å²) >= 11 is 12.2. The number of carbonyl (C=O) groups excluding carboxylic acids is 4. The molecule has 51 heavy (non-hydrogen) atoms. The van der Waals surface area contributed by atoms with Gasteiger partial charge in [-0.05, 0) is 121 Å².